The third kappa shape index (κ3) is 4.11. The third-order valence-corrected chi connectivity index (χ3v) is 2.47. The summed E-state index contributed by atoms with van der Waals surface area (Å²) in [6.07, 6.45) is 0.516. The number of carbonyl (C=O) groups is 1. The van der Waals surface area contributed by atoms with Gasteiger partial charge in [-0.1, -0.05) is 12.1 Å². The van der Waals surface area contributed by atoms with Gasteiger partial charge in [-0.05, 0) is 26.0 Å². The molecular formula is C12H15F2NO2. The van der Waals surface area contributed by atoms with Crippen LogP contribution in [0, 0.1) is 11.6 Å². The van der Waals surface area contributed by atoms with Crippen LogP contribution < -0.4 is 5.32 Å². The van der Waals surface area contributed by atoms with Crippen molar-refractivity contribution in [3.05, 3.63) is 35.4 Å². The summed E-state index contributed by atoms with van der Waals surface area (Å²) in [5, 5.41) is 11.4. The highest BCUT2D eigenvalue weighted by Crippen LogP contribution is 2.18. The molecule has 0 fully saturated rings. The second kappa shape index (κ2) is 6.30. The number of carboxylic acid groups (broad SMARTS) is 1. The van der Waals surface area contributed by atoms with Crippen LogP contribution in [0.1, 0.15) is 31.4 Å². The smallest absolute Gasteiger partial charge is 0.303 e. The zero-order valence-corrected chi connectivity index (χ0v) is 9.54. The summed E-state index contributed by atoms with van der Waals surface area (Å²) in [7, 11) is 0. The van der Waals surface area contributed by atoms with Crippen LogP contribution in [0.25, 0.3) is 0 Å². The zero-order valence-electron chi connectivity index (χ0n) is 9.54. The van der Waals surface area contributed by atoms with Gasteiger partial charge in [-0.15, -0.1) is 0 Å². The average molecular weight is 243 g/mol. The van der Waals surface area contributed by atoms with Crippen LogP contribution in [-0.2, 0) is 4.79 Å². The summed E-state index contributed by atoms with van der Waals surface area (Å²) in [6.45, 7) is 2.15. The fourth-order valence-electron chi connectivity index (χ4n) is 1.52. The standard InChI is InChI=1S/C12H15F2NO2/c1-8(15-7-3-6-11(16)17)9-4-2-5-10(13)12(9)14/h2,4-5,8,15H,3,6-7H2,1H3,(H,16,17). The normalized spacial score (nSPS) is 12.4. The monoisotopic (exact) mass is 243 g/mol. The van der Waals surface area contributed by atoms with Crippen LogP contribution >= 0.6 is 0 Å². The molecule has 1 rings (SSSR count). The molecule has 1 aromatic rings. The Morgan fingerprint density at radius 3 is 2.82 bits per heavy atom. The third-order valence-electron chi connectivity index (χ3n) is 2.47. The molecule has 0 aromatic heterocycles. The molecule has 0 radical (unpaired) electrons. The zero-order chi connectivity index (χ0) is 12.8. The molecule has 17 heavy (non-hydrogen) atoms. The van der Waals surface area contributed by atoms with E-state index in [1.807, 2.05) is 0 Å². The van der Waals surface area contributed by atoms with E-state index in [0.29, 0.717) is 13.0 Å². The van der Waals surface area contributed by atoms with E-state index in [9.17, 15) is 13.6 Å². The minimum absolute atomic E-state index is 0.0609. The summed E-state index contributed by atoms with van der Waals surface area (Å²) in [6, 6.07) is 3.67. The number of hydrogen-bond donors (Lipinski definition) is 2. The summed E-state index contributed by atoms with van der Waals surface area (Å²) in [5.74, 6) is -2.59. The number of hydrogen-bond acceptors (Lipinski definition) is 2. The predicted octanol–water partition coefficient (Wildman–Crippen LogP) is 2.48. The lowest BCUT2D eigenvalue weighted by atomic mass is 10.1. The van der Waals surface area contributed by atoms with Crippen molar-refractivity contribution in [3.63, 3.8) is 0 Å². The fourth-order valence-corrected chi connectivity index (χ4v) is 1.52. The first kappa shape index (κ1) is 13.6. The maximum Gasteiger partial charge on any atom is 0.303 e. The van der Waals surface area contributed by atoms with Crippen molar-refractivity contribution >= 4 is 5.97 Å². The minimum atomic E-state index is -0.873. The summed E-state index contributed by atoms with van der Waals surface area (Å²) in [5.41, 5.74) is 0.250. The van der Waals surface area contributed by atoms with Crippen LogP contribution in [-0.4, -0.2) is 17.6 Å². The van der Waals surface area contributed by atoms with Gasteiger partial charge in [-0.25, -0.2) is 8.78 Å². The van der Waals surface area contributed by atoms with Crippen molar-refractivity contribution in [2.24, 2.45) is 0 Å². The van der Waals surface area contributed by atoms with Crippen molar-refractivity contribution in [1.29, 1.82) is 0 Å². The second-order valence-electron chi connectivity index (χ2n) is 3.82. The maximum absolute atomic E-state index is 13.4. The Bertz CT molecular complexity index is 396. The molecule has 0 aliphatic heterocycles. The number of aliphatic carboxylic acids is 1. The summed E-state index contributed by atoms with van der Waals surface area (Å²) < 4.78 is 26.3. The lowest BCUT2D eigenvalue weighted by Gasteiger charge is -2.14. The highest BCUT2D eigenvalue weighted by molar-refractivity contribution is 5.66. The van der Waals surface area contributed by atoms with Crippen molar-refractivity contribution in [2.45, 2.75) is 25.8 Å². The molecule has 0 bridgehead atoms. The van der Waals surface area contributed by atoms with Crippen molar-refractivity contribution < 1.29 is 18.7 Å². The number of rotatable bonds is 6. The molecule has 3 nitrogen and oxygen atoms in total. The van der Waals surface area contributed by atoms with Gasteiger partial charge in [0.05, 0.1) is 0 Å². The Morgan fingerprint density at radius 1 is 1.47 bits per heavy atom. The topological polar surface area (TPSA) is 49.3 Å². The van der Waals surface area contributed by atoms with Crippen molar-refractivity contribution in [3.8, 4) is 0 Å². The first-order valence-electron chi connectivity index (χ1n) is 5.41. The van der Waals surface area contributed by atoms with E-state index in [4.69, 9.17) is 5.11 Å². The molecule has 2 N–H and O–H groups in total. The molecule has 0 spiro atoms. The maximum atomic E-state index is 13.4. The first-order valence-corrected chi connectivity index (χ1v) is 5.41. The van der Waals surface area contributed by atoms with E-state index in [1.54, 1.807) is 6.92 Å². The van der Waals surface area contributed by atoms with E-state index in [0.717, 1.165) is 6.07 Å². The molecule has 0 aliphatic carbocycles. The van der Waals surface area contributed by atoms with Gasteiger partial charge in [0.25, 0.3) is 0 Å². The van der Waals surface area contributed by atoms with Gasteiger partial charge in [-0.3, -0.25) is 4.79 Å². The first-order chi connectivity index (χ1) is 8.02. The van der Waals surface area contributed by atoms with Crippen molar-refractivity contribution in [2.75, 3.05) is 6.54 Å². The van der Waals surface area contributed by atoms with E-state index in [2.05, 4.69) is 5.32 Å². The Labute approximate surface area is 98.5 Å². The van der Waals surface area contributed by atoms with Gasteiger partial charge in [0.2, 0.25) is 0 Å². The predicted molar refractivity (Wildman–Crippen MR) is 59.6 cm³/mol. The van der Waals surface area contributed by atoms with Crippen LogP contribution in [0.15, 0.2) is 18.2 Å². The molecule has 94 valence electrons. The number of halogens is 2. The molecule has 1 unspecified atom stereocenters. The van der Waals surface area contributed by atoms with E-state index in [1.165, 1.54) is 12.1 Å². The minimum Gasteiger partial charge on any atom is -0.481 e. The molecule has 1 atom stereocenters. The highest BCUT2D eigenvalue weighted by atomic mass is 19.2. The van der Waals surface area contributed by atoms with Crippen LogP contribution in [0.5, 0.6) is 0 Å². The number of benzene rings is 1. The summed E-state index contributed by atoms with van der Waals surface area (Å²) >= 11 is 0. The molecule has 1 aromatic carbocycles. The molecule has 0 saturated heterocycles. The average Bonchev–Trinajstić information content (AvgIpc) is 2.27. The molecule has 0 aliphatic rings. The Kier molecular flexibility index (Phi) is 5.03. The van der Waals surface area contributed by atoms with Crippen LogP contribution in [0.4, 0.5) is 8.78 Å². The van der Waals surface area contributed by atoms with Crippen molar-refractivity contribution in [1.82, 2.24) is 5.32 Å². The molecule has 5 heteroatoms. The molecule has 0 saturated carbocycles. The van der Waals surface area contributed by atoms with E-state index < -0.39 is 17.6 Å². The van der Waals surface area contributed by atoms with E-state index >= 15 is 0 Å². The van der Waals surface area contributed by atoms with Gasteiger partial charge in [0, 0.05) is 18.0 Å². The fraction of sp³-hybridized carbons (Fsp3) is 0.417. The van der Waals surface area contributed by atoms with Crippen LogP contribution in [0.3, 0.4) is 0 Å². The Morgan fingerprint density at radius 2 is 2.18 bits per heavy atom. The lowest BCUT2D eigenvalue weighted by Crippen LogP contribution is -2.21. The quantitative estimate of drug-likeness (QED) is 0.755. The van der Waals surface area contributed by atoms with Gasteiger partial charge < -0.3 is 10.4 Å². The molecule has 0 amide bonds. The number of carboxylic acids is 1. The Hall–Kier alpha value is -1.49. The van der Waals surface area contributed by atoms with Gasteiger partial charge in [0.1, 0.15) is 0 Å². The lowest BCUT2D eigenvalue weighted by molar-refractivity contribution is -0.137. The Balaban J connectivity index is 2.49. The van der Waals surface area contributed by atoms with Gasteiger partial charge >= 0.3 is 5.97 Å². The second-order valence-corrected chi connectivity index (χ2v) is 3.82. The molecule has 0 heterocycles. The van der Waals surface area contributed by atoms with E-state index in [-0.39, 0.29) is 18.0 Å². The molecular weight excluding hydrogens is 228 g/mol. The highest BCUT2D eigenvalue weighted by Gasteiger charge is 2.13. The SMILES string of the molecule is CC(NCCCC(=O)O)c1cccc(F)c1F. The van der Waals surface area contributed by atoms with Crippen LogP contribution in [0.2, 0.25) is 0 Å². The summed E-state index contributed by atoms with van der Waals surface area (Å²) in [4.78, 5) is 10.3. The van der Waals surface area contributed by atoms with Gasteiger partial charge in [-0.2, -0.15) is 0 Å². The number of nitrogens with one attached hydrogen (secondary N) is 1. The van der Waals surface area contributed by atoms with Gasteiger partial charge in [0.15, 0.2) is 11.6 Å². The largest absolute Gasteiger partial charge is 0.481 e.